The number of piperidine rings is 1. The van der Waals surface area contributed by atoms with Crippen molar-refractivity contribution in [1.29, 1.82) is 0 Å². The summed E-state index contributed by atoms with van der Waals surface area (Å²) in [5.74, 6) is 0. The Morgan fingerprint density at radius 2 is 1.75 bits per heavy atom. The van der Waals surface area contributed by atoms with Crippen LogP contribution in [0.4, 0.5) is 0 Å². The number of nitrogens with zero attached hydrogens (tertiary/aromatic N) is 1. The molecule has 1 fully saturated rings. The van der Waals surface area contributed by atoms with E-state index in [0.29, 0.717) is 4.90 Å². The molecule has 3 rings (SSSR count). The Morgan fingerprint density at radius 3 is 2.46 bits per heavy atom. The van der Waals surface area contributed by atoms with Gasteiger partial charge in [-0.3, -0.25) is 0 Å². The zero-order chi connectivity index (χ0) is 17.0. The van der Waals surface area contributed by atoms with Crippen molar-refractivity contribution in [3.05, 3.63) is 65.7 Å². The fraction of sp³-hybridized carbons (Fsp3) is 0.368. The number of aryl methyl sites for hydroxylation is 1. The molecule has 0 N–H and O–H groups in total. The van der Waals surface area contributed by atoms with E-state index in [4.69, 9.17) is 0 Å². The van der Waals surface area contributed by atoms with Gasteiger partial charge in [-0.2, -0.15) is 0 Å². The summed E-state index contributed by atoms with van der Waals surface area (Å²) in [6, 6.07) is 17.7. The Bertz CT molecular complexity index is 758. The lowest BCUT2D eigenvalue weighted by atomic mass is 9.98. The lowest BCUT2D eigenvalue weighted by Gasteiger charge is -2.34. The van der Waals surface area contributed by atoms with E-state index in [9.17, 15) is 8.42 Å². The molecule has 1 aliphatic rings. The van der Waals surface area contributed by atoms with Gasteiger partial charge in [-0.05, 0) is 43.9 Å². The predicted octanol–water partition coefficient (Wildman–Crippen LogP) is 4.43. The quantitative estimate of drug-likeness (QED) is 0.583. The first-order chi connectivity index (χ1) is 11.5. The Hall–Kier alpha value is -1.30. The summed E-state index contributed by atoms with van der Waals surface area (Å²) in [4.78, 5) is 0.391. The van der Waals surface area contributed by atoms with Crippen LogP contribution in [-0.4, -0.2) is 25.3 Å². The molecule has 1 unspecified atom stereocenters. The van der Waals surface area contributed by atoms with Crippen LogP contribution in [0.1, 0.15) is 30.4 Å². The molecular weight excluding hydrogens is 338 g/mol. The molecular formula is C19H23NO2S2. The van der Waals surface area contributed by atoms with Gasteiger partial charge in [0, 0.05) is 12.6 Å². The molecule has 0 saturated carbocycles. The number of hydrogen-bond donors (Lipinski definition) is 0. The smallest absolute Gasteiger partial charge is 0.233 e. The zero-order valence-corrected chi connectivity index (χ0v) is 15.5. The van der Waals surface area contributed by atoms with Crippen LogP contribution in [0.3, 0.4) is 0 Å². The van der Waals surface area contributed by atoms with Crippen molar-refractivity contribution in [1.82, 2.24) is 4.31 Å². The van der Waals surface area contributed by atoms with Crippen molar-refractivity contribution in [2.24, 2.45) is 0 Å². The first-order valence-corrected chi connectivity index (χ1v) is 11.1. The molecule has 2 aromatic carbocycles. The first-order valence-electron chi connectivity index (χ1n) is 8.36. The molecule has 24 heavy (non-hydrogen) atoms. The van der Waals surface area contributed by atoms with Crippen molar-refractivity contribution in [3.8, 4) is 0 Å². The van der Waals surface area contributed by atoms with Gasteiger partial charge in [0.2, 0.25) is 8.87 Å². The van der Waals surface area contributed by atoms with E-state index in [1.165, 1.54) is 12.0 Å². The fourth-order valence-electron chi connectivity index (χ4n) is 3.04. The van der Waals surface area contributed by atoms with Crippen LogP contribution in [0, 0.1) is 6.92 Å². The SMILES string of the molecule is Cc1ccc(S(=O)(=O)SN2CCCCC2Cc2ccccc2)cc1. The molecule has 1 aliphatic heterocycles. The van der Waals surface area contributed by atoms with Crippen LogP contribution in [0.15, 0.2) is 59.5 Å². The van der Waals surface area contributed by atoms with Gasteiger partial charge in [0.1, 0.15) is 0 Å². The highest BCUT2D eigenvalue weighted by Crippen LogP contribution is 2.33. The van der Waals surface area contributed by atoms with Crippen molar-refractivity contribution in [2.75, 3.05) is 6.54 Å². The van der Waals surface area contributed by atoms with E-state index >= 15 is 0 Å². The third-order valence-electron chi connectivity index (χ3n) is 4.39. The number of hydrogen-bond acceptors (Lipinski definition) is 4. The summed E-state index contributed by atoms with van der Waals surface area (Å²) in [5.41, 5.74) is 2.33. The van der Waals surface area contributed by atoms with Crippen molar-refractivity contribution in [2.45, 2.75) is 43.5 Å². The molecule has 0 aromatic heterocycles. The highest BCUT2D eigenvalue weighted by molar-refractivity contribution is 8.71. The van der Waals surface area contributed by atoms with Crippen molar-refractivity contribution in [3.63, 3.8) is 0 Å². The van der Waals surface area contributed by atoms with E-state index in [-0.39, 0.29) is 6.04 Å². The van der Waals surface area contributed by atoms with E-state index in [0.717, 1.165) is 42.4 Å². The van der Waals surface area contributed by atoms with E-state index in [2.05, 4.69) is 16.4 Å². The van der Waals surface area contributed by atoms with Crippen LogP contribution >= 0.6 is 11.0 Å². The lowest BCUT2D eigenvalue weighted by molar-refractivity contribution is 0.274. The van der Waals surface area contributed by atoms with Gasteiger partial charge in [0.05, 0.1) is 15.9 Å². The highest BCUT2D eigenvalue weighted by Gasteiger charge is 2.29. The topological polar surface area (TPSA) is 37.4 Å². The molecule has 2 aromatic rings. The Labute approximate surface area is 148 Å². The molecule has 3 nitrogen and oxygen atoms in total. The molecule has 0 spiro atoms. The van der Waals surface area contributed by atoms with Gasteiger partial charge >= 0.3 is 0 Å². The van der Waals surface area contributed by atoms with Crippen LogP contribution in [-0.2, 0) is 15.3 Å². The zero-order valence-electron chi connectivity index (χ0n) is 13.9. The van der Waals surface area contributed by atoms with E-state index < -0.39 is 8.87 Å². The van der Waals surface area contributed by atoms with Crippen LogP contribution in [0.5, 0.6) is 0 Å². The van der Waals surface area contributed by atoms with Gasteiger partial charge in [0.15, 0.2) is 0 Å². The monoisotopic (exact) mass is 361 g/mol. The summed E-state index contributed by atoms with van der Waals surface area (Å²) >= 11 is 0. The Morgan fingerprint density at radius 1 is 1.04 bits per heavy atom. The molecule has 0 amide bonds. The van der Waals surface area contributed by atoms with Gasteiger partial charge in [-0.25, -0.2) is 12.7 Å². The molecule has 0 radical (unpaired) electrons. The maximum absolute atomic E-state index is 12.7. The largest absolute Gasteiger partial charge is 0.244 e. The molecule has 1 heterocycles. The van der Waals surface area contributed by atoms with E-state index in [1.807, 2.05) is 37.3 Å². The number of rotatable bonds is 5. The minimum absolute atomic E-state index is 0.270. The van der Waals surface area contributed by atoms with Crippen LogP contribution in [0.2, 0.25) is 0 Å². The maximum Gasteiger partial charge on any atom is 0.244 e. The molecule has 5 heteroatoms. The normalized spacial score (nSPS) is 19.3. The van der Waals surface area contributed by atoms with E-state index in [1.54, 1.807) is 12.1 Å². The summed E-state index contributed by atoms with van der Waals surface area (Å²) in [6.07, 6.45) is 4.17. The predicted molar refractivity (Wildman–Crippen MR) is 100 cm³/mol. The van der Waals surface area contributed by atoms with Gasteiger partial charge < -0.3 is 0 Å². The standard InChI is InChI=1S/C19H23NO2S2/c1-16-10-12-19(13-11-16)24(21,22)23-20-14-6-5-9-18(20)15-17-7-3-2-4-8-17/h2-4,7-8,10-13,18H,5-6,9,14-15H2,1H3. The average molecular weight is 362 g/mol. The average Bonchev–Trinajstić information content (AvgIpc) is 2.58. The molecule has 0 bridgehead atoms. The Balaban J connectivity index is 1.74. The highest BCUT2D eigenvalue weighted by atomic mass is 33.1. The lowest BCUT2D eigenvalue weighted by Crippen LogP contribution is -2.36. The minimum atomic E-state index is -3.36. The minimum Gasteiger partial charge on any atom is -0.233 e. The van der Waals surface area contributed by atoms with Crippen LogP contribution < -0.4 is 0 Å². The van der Waals surface area contributed by atoms with Crippen molar-refractivity contribution < 1.29 is 8.42 Å². The Kier molecular flexibility index (Phi) is 5.64. The second-order valence-electron chi connectivity index (χ2n) is 6.32. The summed E-state index contributed by atoms with van der Waals surface area (Å²) in [5, 5.41) is 0. The second kappa shape index (κ2) is 7.72. The fourth-order valence-corrected chi connectivity index (χ4v) is 6.29. The number of benzene rings is 2. The third-order valence-corrected chi connectivity index (χ3v) is 7.85. The molecule has 1 saturated heterocycles. The summed E-state index contributed by atoms with van der Waals surface area (Å²) in [7, 11) is -2.34. The second-order valence-corrected chi connectivity index (χ2v) is 10.1. The van der Waals surface area contributed by atoms with Gasteiger partial charge in [-0.15, -0.1) is 0 Å². The summed E-state index contributed by atoms with van der Waals surface area (Å²) < 4.78 is 27.5. The van der Waals surface area contributed by atoms with Crippen molar-refractivity contribution >= 4 is 19.8 Å². The molecule has 0 aliphatic carbocycles. The molecule has 1 atom stereocenters. The maximum atomic E-state index is 12.7. The van der Waals surface area contributed by atoms with Gasteiger partial charge in [0.25, 0.3) is 0 Å². The van der Waals surface area contributed by atoms with Crippen LogP contribution in [0.25, 0.3) is 0 Å². The summed E-state index contributed by atoms with van der Waals surface area (Å²) in [6.45, 7) is 2.79. The molecule has 128 valence electrons. The van der Waals surface area contributed by atoms with Gasteiger partial charge in [-0.1, -0.05) is 54.4 Å². The third kappa shape index (κ3) is 4.41. The first kappa shape index (κ1) is 17.5.